The van der Waals surface area contributed by atoms with Crippen molar-refractivity contribution in [1.29, 1.82) is 0 Å². The lowest BCUT2D eigenvalue weighted by Gasteiger charge is -2.29. The van der Waals surface area contributed by atoms with E-state index in [1.165, 1.54) is 0 Å². The normalized spacial score (nSPS) is 13.6. The van der Waals surface area contributed by atoms with Gasteiger partial charge in [0.25, 0.3) is 5.91 Å². The maximum Gasteiger partial charge on any atom is 0.265 e. The number of rotatable bonds is 3. The van der Waals surface area contributed by atoms with E-state index >= 15 is 0 Å². The zero-order valence-corrected chi connectivity index (χ0v) is 10.5. The average molecular weight is 269 g/mol. The first-order valence-electron chi connectivity index (χ1n) is 6.05. The van der Waals surface area contributed by atoms with Crippen LogP contribution in [0.2, 0.25) is 0 Å². The topological polar surface area (TPSA) is 72.4 Å². The molecule has 1 aliphatic heterocycles. The highest BCUT2D eigenvalue weighted by Crippen LogP contribution is 2.33. The Morgan fingerprint density at radius 1 is 1.35 bits per heavy atom. The predicted molar refractivity (Wildman–Crippen MR) is 70.5 cm³/mol. The maximum absolute atomic E-state index is 12.0. The first kappa shape index (κ1) is 12.3. The second kappa shape index (κ2) is 5.08. The lowest BCUT2D eigenvalue weighted by Crippen LogP contribution is -2.38. The van der Waals surface area contributed by atoms with Crippen LogP contribution in [0, 0.1) is 0 Å². The molecule has 100 valence electrons. The summed E-state index contributed by atoms with van der Waals surface area (Å²) in [5.41, 5.74) is 1.84. The smallest absolute Gasteiger partial charge is 0.265 e. The van der Waals surface area contributed by atoms with Gasteiger partial charge in [-0.25, -0.2) is 0 Å². The molecule has 0 saturated carbocycles. The first-order chi connectivity index (χ1) is 9.78. The Morgan fingerprint density at radius 2 is 2.25 bits per heavy atom. The van der Waals surface area contributed by atoms with Crippen molar-refractivity contribution in [3.8, 4) is 5.75 Å². The number of nitrogens with zero attached hydrogens (tertiary/aromatic N) is 3. The summed E-state index contributed by atoms with van der Waals surface area (Å²) < 4.78 is 5.36. The number of hydrogen-bond donors (Lipinski definition) is 0. The third-order valence-electron chi connectivity index (χ3n) is 3.00. The molecule has 1 amide bonds. The van der Waals surface area contributed by atoms with Gasteiger partial charge < -0.3 is 4.74 Å². The average Bonchev–Trinajstić information content (AvgIpc) is 2.50. The van der Waals surface area contributed by atoms with Crippen LogP contribution in [0.4, 0.5) is 5.69 Å². The van der Waals surface area contributed by atoms with E-state index in [9.17, 15) is 9.59 Å². The minimum atomic E-state index is -0.151. The number of anilines is 1. The van der Waals surface area contributed by atoms with Gasteiger partial charge in [-0.15, -0.1) is 0 Å². The summed E-state index contributed by atoms with van der Waals surface area (Å²) in [5.74, 6) is 0.375. The minimum Gasteiger partial charge on any atom is -0.482 e. The molecule has 0 saturated heterocycles. The fraction of sp³-hybridized carbons (Fsp3) is 0.143. The molecule has 0 N–H and O–H groups in total. The molecule has 0 aliphatic carbocycles. The summed E-state index contributed by atoms with van der Waals surface area (Å²) in [6.07, 6.45) is 5.51. The van der Waals surface area contributed by atoms with E-state index in [4.69, 9.17) is 4.74 Å². The van der Waals surface area contributed by atoms with Gasteiger partial charge in [-0.2, -0.15) is 0 Å². The monoisotopic (exact) mass is 269 g/mol. The largest absolute Gasteiger partial charge is 0.482 e. The van der Waals surface area contributed by atoms with Crippen molar-refractivity contribution in [1.82, 2.24) is 9.97 Å². The van der Waals surface area contributed by atoms with Gasteiger partial charge in [0, 0.05) is 18.0 Å². The van der Waals surface area contributed by atoms with E-state index < -0.39 is 0 Å². The molecule has 6 nitrogen and oxygen atoms in total. The van der Waals surface area contributed by atoms with Gasteiger partial charge >= 0.3 is 0 Å². The molecule has 0 fully saturated rings. The second-order valence-corrected chi connectivity index (χ2v) is 4.31. The van der Waals surface area contributed by atoms with Crippen molar-refractivity contribution < 1.29 is 14.3 Å². The summed E-state index contributed by atoms with van der Waals surface area (Å²) in [5, 5.41) is 0. The Morgan fingerprint density at radius 3 is 3.00 bits per heavy atom. The van der Waals surface area contributed by atoms with E-state index in [0.717, 1.165) is 6.29 Å². The Balaban J connectivity index is 1.95. The van der Waals surface area contributed by atoms with Crippen molar-refractivity contribution in [2.45, 2.75) is 6.54 Å². The van der Waals surface area contributed by atoms with Gasteiger partial charge in [0.15, 0.2) is 6.61 Å². The molecule has 20 heavy (non-hydrogen) atoms. The zero-order valence-electron chi connectivity index (χ0n) is 10.5. The van der Waals surface area contributed by atoms with Crippen molar-refractivity contribution in [2.24, 2.45) is 0 Å². The van der Waals surface area contributed by atoms with E-state index in [-0.39, 0.29) is 12.5 Å². The van der Waals surface area contributed by atoms with Crippen molar-refractivity contribution in [3.63, 3.8) is 0 Å². The molecule has 0 radical (unpaired) electrons. The SMILES string of the molecule is O=Cc1ccc2c(c1)OCC(=O)N2Cc1cnccn1. The summed E-state index contributed by atoms with van der Waals surface area (Å²) in [6, 6.07) is 4.97. The molecule has 2 aromatic rings. The summed E-state index contributed by atoms with van der Waals surface area (Å²) in [4.78, 5) is 32.5. The lowest BCUT2D eigenvalue weighted by molar-refractivity contribution is -0.121. The molecule has 2 heterocycles. The number of hydrogen-bond acceptors (Lipinski definition) is 5. The van der Waals surface area contributed by atoms with Crippen LogP contribution in [0.5, 0.6) is 5.75 Å². The molecule has 0 bridgehead atoms. The Labute approximate surface area is 115 Å². The maximum atomic E-state index is 12.0. The first-order valence-corrected chi connectivity index (χ1v) is 6.05. The van der Waals surface area contributed by atoms with Gasteiger partial charge in [0.1, 0.15) is 12.0 Å². The highest BCUT2D eigenvalue weighted by atomic mass is 16.5. The minimum absolute atomic E-state index is 0.0461. The van der Waals surface area contributed by atoms with Crippen LogP contribution in [0.25, 0.3) is 0 Å². The highest BCUT2D eigenvalue weighted by Gasteiger charge is 2.26. The molecular weight excluding hydrogens is 258 g/mol. The molecular formula is C14H11N3O3. The number of fused-ring (bicyclic) bond motifs is 1. The van der Waals surface area contributed by atoms with Crippen LogP contribution in [-0.4, -0.2) is 28.8 Å². The van der Waals surface area contributed by atoms with Crippen LogP contribution >= 0.6 is 0 Å². The molecule has 1 aliphatic rings. The molecule has 6 heteroatoms. The molecule has 3 rings (SSSR count). The van der Waals surface area contributed by atoms with Gasteiger partial charge in [-0.1, -0.05) is 0 Å². The third kappa shape index (κ3) is 2.23. The van der Waals surface area contributed by atoms with Gasteiger partial charge in [0.2, 0.25) is 0 Å². The predicted octanol–water partition coefficient (Wildman–Crippen LogP) is 1.21. The Hall–Kier alpha value is -2.76. The summed E-state index contributed by atoms with van der Waals surface area (Å²) >= 11 is 0. The number of aldehydes is 1. The Bertz CT molecular complexity index is 658. The molecule has 0 atom stereocenters. The van der Waals surface area contributed by atoms with E-state index in [1.54, 1.807) is 41.7 Å². The van der Waals surface area contributed by atoms with Crippen molar-refractivity contribution >= 4 is 17.9 Å². The standard InChI is InChI=1S/C14H11N3O3/c18-8-10-1-2-12-13(5-10)20-9-14(19)17(12)7-11-6-15-3-4-16-11/h1-6,8H,7,9H2. The van der Waals surface area contributed by atoms with Crippen LogP contribution < -0.4 is 9.64 Å². The number of aromatic nitrogens is 2. The van der Waals surface area contributed by atoms with Gasteiger partial charge in [-0.05, 0) is 18.2 Å². The van der Waals surface area contributed by atoms with E-state index in [2.05, 4.69) is 9.97 Å². The zero-order chi connectivity index (χ0) is 13.9. The lowest BCUT2D eigenvalue weighted by atomic mass is 10.1. The Kier molecular flexibility index (Phi) is 3.12. The van der Waals surface area contributed by atoms with Gasteiger partial charge in [0.05, 0.1) is 24.1 Å². The van der Waals surface area contributed by atoms with E-state index in [0.29, 0.717) is 29.2 Å². The fourth-order valence-electron chi connectivity index (χ4n) is 2.04. The second-order valence-electron chi connectivity index (χ2n) is 4.31. The van der Waals surface area contributed by atoms with Crippen LogP contribution in [0.15, 0.2) is 36.8 Å². The van der Waals surface area contributed by atoms with Gasteiger partial charge in [-0.3, -0.25) is 24.5 Å². The third-order valence-corrected chi connectivity index (χ3v) is 3.00. The van der Waals surface area contributed by atoms with Crippen LogP contribution in [0.3, 0.4) is 0 Å². The van der Waals surface area contributed by atoms with Crippen molar-refractivity contribution in [2.75, 3.05) is 11.5 Å². The number of amides is 1. The molecule has 0 spiro atoms. The van der Waals surface area contributed by atoms with Crippen LogP contribution in [-0.2, 0) is 11.3 Å². The summed E-state index contributed by atoms with van der Waals surface area (Å²) in [6.45, 7) is 0.277. The number of ether oxygens (including phenoxy) is 1. The number of benzene rings is 1. The number of carbonyl (C=O) groups is 2. The molecule has 1 aromatic heterocycles. The molecule has 1 aromatic carbocycles. The van der Waals surface area contributed by atoms with Crippen molar-refractivity contribution in [3.05, 3.63) is 48.0 Å². The highest BCUT2D eigenvalue weighted by molar-refractivity contribution is 5.98. The van der Waals surface area contributed by atoms with E-state index in [1.807, 2.05) is 0 Å². The van der Waals surface area contributed by atoms with Crippen LogP contribution in [0.1, 0.15) is 16.1 Å². The quantitative estimate of drug-likeness (QED) is 0.783. The molecule has 0 unspecified atom stereocenters. The number of carbonyl (C=O) groups excluding carboxylic acids is 2. The summed E-state index contributed by atoms with van der Waals surface area (Å²) in [7, 11) is 0. The fourth-order valence-corrected chi connectivity index (χ4v) is 2.04.